The number of benzene rings is 2. The number of hydrogen-bond donors (Lipinski definition) is 2. The van der Waals surface area contributed by atoms with Gasteiger partial charge in [-0.2, -0.15) is 0 Å². The molecule has 0 unspecified atom stereocenters. The molecule has 2 N–H and O–H groups in total. The minimum atomic E-state index is 0.163. The lowest BCUT2D eigenvalue weighted by Crippen LogP contribution is -2.52. The van der Waals surface area contributed by atoms with Gasteiger partial charge in [0.05, 0.1) is 27.0 Å². The summed E-state index contributed by atoms with van der Waals surface area (Å²) in [5.41, 5.74) is 4.40. The van der Waals surface area contributed by atoms with Gasteiger partial charge in [-0.1, -0.05) is 65.8 Å². The largest absolute Gasteiger partial charge is 0.361 e. The van der Waals surface area contributed by atoms with Crippen molar-refractivity contribution >= 4 is 59.3 Å². The molecule has 6 rings (SSSR count). The number of rotatable bonds is 8. The van der Waals surface area contributed by atoms with Gasteiger partial charge in [0.1, 0.15) is 0 Å². The van der Waals surface area contributed by atoms with Gasteiger partial charge in [-0.05, 0) is 37.8 Å². The maximum atomic E-state index is 12.9. The monoisotopic (exact) mass is 534 g/mol. The van der Waals surface area contributed by atoms with Crippen LogP contribution in [0.15, 0.2) is 36.4 Å². The van der Waals surface area contributed by atoms with Crippen molar-refractivity contribution in [2.45, 2.75) is 45.1 Å². The lowest BCUT2D eigenvalue weighted by atomic mass is 10.1. The molecule has 4 aromatic rings. The average Bonchev–Trinajstić information content (AvgIpc) is 3.68. The fourth-order valence-electron chi connectivity index (χ4n) is 5.61. The first kappa shape index (κ1) is 24.6. The Hall–Kier alpha value is -2.75. The van der Waals surface area contributed by atoms with Crippen molar-refractivity contribution in [3.05, 3.63) is 47.5 Å². The van der Waals surface area contributed by atoms with Gasteiger partial charge >= 0.3 is 0 Å². The summed E-state index contributed by atoms with van der Waals surface area (Å²) < 4.78 is 2.29. The minimum Gasteiger partial charge on any atom is -0.361 e. The summed E-state index contributed by atoms with van der Waals surface area (Å²) in [6, 6.07) is 13.4. The van der Waals surface area contributed by atoms with Gasteiger partial charge in [0.15, 0.2) is 10.3 Å². The number of nitrogens with zero attached hydrogens (tertiary/aromatic N) is 4. The molecular formula is C28H34N6OS2. The number of hydrogen-bond acceptors (Lipinski definition) is 8. The highest BCUT2D eigenvalue weighted by Crippen LogP contribution is 2.37. The van der Waals surface area contributed by atoms with E-state index in [4.69, 9.17) is 9.97 Å². The van der Waals surface area contributed by atoms with Crippen LogP contribution in [-0.2, 0) is 11.2 Å². The highest BCUT2D eigenvalue weighted by Gasteiger charge is 2.27. The number of aryl methyl sites for hydroxylation is 1. The number of nitrogens with one attached hydrogen (secondary N) is 2. The first-order chi connectivity index (χ1) is 18.1. The van der Waals surface area contributed by atoms with Crippen molar-refractivity contribution in [1.82, 2.24) is 19.8 Å². The molecule has 194 valence electrons. The van der Waals surface area contributed by atoms with Crippen LogP contribution < -0.4 is 10.6 Å². The lowest BCUT2D eigenvalue weighted by molar-refractivity contribution is -0.131. The van der Waals surface area contributed by atoms with Crippen molar-refractivity contribution in [3.8, 4) is 0 Å². The van der Waals surface area contributed by atoms with Gasteiger partial charge in [0.25, 0.3) is 0 Å². The van der Waals surface area contributed by atoms with E-state index in [1.54, 1.807) is 22.7 Å². The molecule has 1 aliphatic heterocycles. The normalized spacial score (nSPS) is 17.2. The van der Waals surface area contributed by atoms with E-state index in [1.807, 2.05) is 11.0 Å². The molecule has 2 fully saturated rings. The average molecular weight is 535 g/mol. The van der Waals surface area contributed by atoms with Crippen LogP contribution in [0.1, 0.15) is 36.8 Å². The van der Waals surface area contributed by atoms with Crippen molar-refractivity contribution < 1.29 is 4.79 Å². The molecule has 0 atom stereocenters. The number of amides is 1. The van der Waals surface area contributed by atoms with Gasteiger partial charge in [-0.3, -0.25) is 9.69 Å². The fraction of sp³-hybridized carbons (Fsp3) is 0.464. The summed E-state index contributed by atoms with van der Waals surface area (Å²) in [6.45, 7) is 6.92. The zero-order valence-electron chi connectivity index (χ0n) is 21.3. The summed E-state index contributed by atoms with van der Waals surface area (Å²) in [4.78, 5) is 27.1. The number of piperazine rings is 1. The number of carbonyl (C=O) groups excluding carboxylic acids is 1. The molecule has 2 aliphatic rings. The number of aromatic nitrogens is 2. The van der Waals surface area contributed by atoms with Crippen molar-refractivity contribution in [2.24, 2.45) is 0 Å². The predicted molar refractivity (Wildman–Crippen MR) is 155 cm³/mol. The second-order valence-electron chi connectivity index (χ2n) is 10.1. The van der Waals surface area contributed by atoms with E-state index in [0.29, 0.717) is 6.54 Å². The highest BCUT2D eigenvalue weighted by molar-refractivity contribution is 7.24. The summed E-state index contributed by atoms with van der Waals surface area (Å²) in [5, 5.41) is 8.53. The van der Waals surface area contributed by atoms with Gasteiger partial charge < -0.3 is 15.5 Å². The second kappa shape index (κ2) is 10.9. The summed E-state index contributed by atoms with van der Waals surface area (Å²) >= 11 is 3.30. The Balaban J connectivity index is 1.05. The summed E-state index contributed by atoms with van der Waals surface area (Å²) in [6.07, 6.45) is 6.33. The van der Waals surface area contributed by atoms with E-state index in [0.717, 1.165) is 76.7 Å². The zero-order chi connectivity index (χ0) is 25.2. The molecule has 0 radical (unpaired) electrons. The van der Waals surface area contributed by atoms with E-state index in [2.05, 4.69) is 52.8 Å². The smallest absolute Gasteiger partial charge is 0.242 e. The van der Waals surface area contributed by atoms with Crippen LogP contribution in [0.2, 0.25) is 0 Å². The van der Waals surface area contributed by atoms with Crippen LogP contribution in [0.5, 0.6) is 0 Å². The Morgan fingerprint density at radius 1 is 0.946 bits per heavy atom. The number of fused-ring (bicyclic) bond motifs is 2. The Morgan fingerprint density at radius 3 is 2.27 bits per heavy atom. The lowest BCUT2D eigenvalue weighted by Gasteiger charge is -2.38. The Kier molecular flexibility index (Phi) is 7.26. The van der Waals surface area contributed by atoms with Crippen LogP contribution in [0.4, 0.5) is 10.3 Å². The van der Waals surface area contributed by atoms with E-state index < -0.39 is 0 Å². The second-order valence-corrected chi connectivity index (χ2v) is 12.2. The molecule has 37 heavy (non-hydrogen) atoms. The number of anilines is 2. The molecule has 9 heteroatoms. The van der Waals surface area contributed by atoms with Crippen LogP contribution in [-0.4, -0.2) is 71.0 Å². The van der Waals surface area contributed by atoms with Crippen molar-refractivity contribution in [1.29, 1.82) is 0 Å². The third kappa shape index (κ3) is 5.44. The molecule has 0 bridgehead atoms. The van der Waals surface area contributed by atoms with Crippen molar-refractivity contribution in [2.75, 3.05) is 49.9 Å². The molecule has 7 nitrogen and oxygen atoms in total. The third-order valence-electron chi connectivity index (χ3n) is 7.71. The van der Waals surface area contributed by atoms with Gasteiger partial charge in [0, 0.05) is 44.3 Å². The first-order valence-corrected chi connectivity index (χ1v) is 15.0. The molecule has 1 saturated heterocycles. The van der Waals surface area contributed by atoms with E-state index in [9.17, 15) is 4.79 Å². The fourth-order valence-corrected chi connectivity index (χ4v) is 7.63. The molecular weight excluding hydrogens is 500 g/mol. The first-order valence-electron chi connectivity index (χ1n) is 13.4. The summed E-state index contributed by atoms with van der Waals surface area (Å²) in [7, 11) is 0. The van der Waals surface area contributed by atoms with Crippen LogP contribution in [0.25, 0.3) is 20.4 Å². The summed E-state index contributed by atoms with van der Waals surface area (Å²) in [5.74, 6) is 0.163. The SMILES string of the molecule is Cc1c2nc(NCCc3ccccc3)sc2cc2sc(NCC(=O)N3CCN(C4CCCC4)CC3)nc12. The molecule has 0 spiro atoms. The molecule has 2 aromatic heterocycles. The zero-order valence-corrected chi connectivity index (χ0v) is 23.0. The van der Waals surface area contributed by atoms with Gasteiger partial charge in [-0.15, -0.1) is 0 Å². The van der Waals surface area contributed by atoms with Crippen LogP contribution in [0, 0.1) is 6.92 Å². The van der Waals surface area contributed by atoms with E-state index in [1.165, 1.54) is 35.9 Å². The predicted octanol–water partition coefficient (Wildman–Crippen LogP) is 5.37. The van der Waals surface area contributed by atoms with Crippen molar-refractivity contribution in [3.63, 3.8) is 0 Å². The van der Waals surface area contributed by atoms with E-state index in [-0.39, 0.29) is 5.91 Å². The Morgan fingerprint density at radius 2 is 1.59 bits per heavy atom. The standard InChI is InChI=1S/C28H34N6OS2/c1-19-25-22(36-27(31-25)29-12-11-20-7-3-2-4-8-20)17-23-26(19)32-28(37-23)30-18-24(35)34-15-13-33(14-16-34)21-9-5-6-10-21/h2-4,7-8,17,21H,5-6,9-16,18H2,1H3,(H,29,31)(H,30,32). The maximum Gasteiger partial charge on any atom is 0.242 e. The topological polar surface area (TPSA) is 73.4 Å². The molecule has 1 aliphatic carbocycles. The number of thiazole rings is 2. The highest BCUT2D eigenvalue weighted by atomic mass is 32.1. The molecule has 1 saturated carbocycles. The van der Waals surface area contributed by atoms with Gasteiger partial charge in [0.2, 0.25) is 5.91 Å². The van der Waals surface area contributed by atoms with Gasteiger partial charge in [-0.25, -0.2) is 9.97 Å². The number of carbonyl (C=O) groups is 1. The van der Waals surface area contributed by atoms with Crippen LogP contribution in [0.3, 0.4) is 0 Å². The molecule has 2 aromatic carbocycles. The molecule has 1 amide bonds. The third-order valence-corrected chi connectivity index (χ3v) is 9.63. The molecule has 3 heterocycles. The minimum absolute atomic E-state index is 0.163. The maximum absolute atomic E-state index is 12.9. The quantitative estimate of drug-likeness (QED) is 0.317. The Labute approximate surface area is 225 Å². The Bertz CT molecular complexity index is 1370. The van der Waals surface area contributed by atoms with E-state index >= 15 is 0 Å². The van der Waals surface area contributed by atoms with Crippen LogP contribution >= 0.6 is 22.7 Å².